The third-order valence-corrected chi connectivity index (χ3v) is 3.91. The van der Waals surface area contributed by atoms with Crippen LogP contribution in [0.25, 0.3) is 0 Å². The minimum atomic E-state index is -0.860. The highest BCUT2D eigenvalue weighted by molar-refractivity contribution is 5.67. The molecule has 1 fully saturated rings. The molecule has 0 atom stereocenters. The number of carbonyl (C=O) groups excluding carboxylic acids is 1. The summed E-state index contributed by atoms with van der Waals surface area (Å²) in [7, 11) is 0. The molecule has 7 heteroatoms. The number of rotatable bonds is 4. The largest absolute Gasteiger partial charge is 0.465 e. The number of benzene rings is 1. The van der Waals surface area contributed by atoms with E-state index in [9.17, 15) is 9.59 Å². The van der Waals surface area contributed by atoms with Crippen molar-refractivity contribution in [3.05, 3.63) is 29.8 Å². The van der Waals surface area contributed by atoms with Crippen LogP contribution in [0.4, 0.5) is 15.3 Å². The fourth-order valence-electron chi connectivity index (χ4n) is 2.69. The average Bonchev–Trinajstić information content (AvgIpc) is 2.53. The summed E-state index contributed by atoms with van der Waals surface area (Å²) < 4.78 is 5.21. The van der Waals surface area contributed by atoms with Crippen LogP contribution < -0.4 is 10.2 Å². The Balaban J connectivity index is 1.83. The number of amides is 2. The summed E-state index contributed by atoms with van der Waals surface area (Å²) >= 11 is 0. The molecule has 2 rings (SSSR count). The molecular weight excluding hydrogens is 322 g/mol. The van der Waals surface area contributed by atoms with E-state index < -0.39 is 17.8 Å². The van der Waals surface area contributed by atoms with Gasteiger partial charge in [-0.2, -0.15) is 0 Å². The Morgan fingerprint density at radius 1 is 1.20 bits per heavy atom. The first-order valence-corrected chi connectivity index (χ1v) is 8.53. The lowest BCUT2D eigenvalue weighted by atomic mass is 10.1. The molecule has 0 bridgehead atoms. The molecule has 0 unspecified atom stereocenters. The highest BCUT2D eigenvalue weighted by Crippen LogP contribution is 2.18. The molecule has 1 aliphatic heterocycles. The third-order valence-electron chi connectivity index (χ3n) is 3.91. The topological polar surface area (TPSA) is 82.1 Å². The molecule has 2 amide bonds. The van der Waals surface area contributed by atoms with Crippen molar-refractivity contribution in [2.45, 2.75) is 32.8 Å². The first kappa shape index (κ1) is 18.9. The van der Waals surface area contributed by atoms with Crippen LogP contribution in [0.15, 0.2) is 24.3 Å². The normalized spacial score (nSPS) is 15.0. The van der Waals surface area contributed by atoms with E-state index >= 15 is 0 Å². The third kappa shape index (κ3) is 6.17. The first-order valence-electron chi connectivity index (χ1n) is 8.53. The van der Waals surface area contributed by atoms with Gasteiger partial charge in [-0.25, -0.2) is 9.59 Å². The number of piperazine rings is 1. The van der Waals surface area contributed by atoms with Gasteiger partial charge >= 0.3 is 12.2 Å². The van der Waals surface area contributed by atoms with Crippen LogP contribution in [0.3, 0.4) is 0 Å². The molecule has 7 nitrogen and oxygen atoms in total. The fourth-order valence-corrected chi connectivity index (χ4v) is 2.69. The van der Waals surface area contributed by atoms with Crippen molar-refractivity contribution in [2.24, 2.45) is 0 Å². The van der Waals surface area contributed by atoms with Crippen molar-refractivity contribution in [1.82, 2.24) is 10.2 Å². The van der Waals surface area contributed by atoms with E-state index in [2.05, 4.69) is 16.3 Å². The van der Waals surface area contributed by atoms with Crippen LogP contribution in [-0.2, 0) is 11.2 Å². The van der Waals surface area contributed by atoms with E-state index in [-0.39, 0.29) is 0 Å². The second-order valence-electron chi connectivity index (χ2n) is 7.11. The maximum absolute atomic E-state index is 11.7. The molecule has 2 N–H and O–H groups in total. The lowest BCUT2D eigenvalue weighted by Crippen LogP contribution is -2.48. The van der Waals surface area contributed by atoms with Gasteiger partial charge < -0.3 is 25.0 Å². The van der Waals surface area contributed by atoms with Crippen molar-refractivity contribution in [3.8, 4) is 0 Å². The van der Waals surface area contributed by atoms with Gasteiger partial charge in [-0.05, 0) is 44.9 Å². The summed E-state index contributed by atoms with van der Waals surface area (Å²) in [4.78, 5) is 26.2. The first-order chi connectivity index (χ1) is 11.7. The minimum absolute atomic E-state index is 0.409. The molecule has 25 heavy (non-hydrogen) atoms. The molecule has 0 aromatic heterocycles. The van der Waals surface area contributed by atoms with E-state index in [1.165, 1.54) is 4.90 Å². The predicted octanol–water partition coefficient (Wildman–Crippen LogP) is 2.55. The van der Waals surface area contributed by atoms with Crippen LogP contribution >= 0.6 is 0 Å². The molecule has 1 saturated heterocycles. The Hall–Kier alpha value is -2.44. The van der Waals surface area contributed by atoms with Crippen molar-refractivity contribution in [2.75, 3.05) is 37.6 Å². The molecule has 0 saturated carbocycles. The van der Waals surface area contributed by atoms with Crippen molar-refractivity contribution in [3.63, 3.8) is 0 Å². The van der Waals surface area contributed by atoms with E-state index in [0.29, 0.717) is 39.1 Å². The maximum Gasteiger partial charge on any atom is 0.407 e. The Morgan fingerprint density at radius 2 is 1.88 bits per heavy atom. The molecule has 0 radical (unpaired) electrons. The Morgan fingerprint density at radius 3 is 2.48 bits per heavy atom. The summed E-state index contributed by atoms with van der Waals surface area (Å²) in [6.45, 7) is 8.41. The summed E-state index contributed by atoms with van der Waals surface area (Å²) in [5.41, 5.74) is 1.70. The SMILES string of the molecule is CC(C)(C)OC(=O)NCCc1cccc(N2CCN(C(=O)O)CC2)c1. The Labute approximate surface area is 148 Å². The molecular formula is C18H27N3O4. The highest BCUT2D eigenvalue weighted by Gasteiger charge is 2.20. The molecule has 1 aliphatic rings. The summed E-state index contributed by atoms with van der Waals surface area (Å²) in [5, 5.41) is 11.8. The van der Waals surface area contributed by atoms with E-state index in [4.69, 9.17) is 9.84 Å². The number of nitrogens with one attached hydrogen (secondary N) is 1. The van der Waals surface area contributed by atoms with Gasteiger partial charge in [-0.15, -0.1) is 0 Å². The van der Waals surface area contributed by atoms with Gasteiger partial charge in [0.15, 0.2) is 0 Å². The zero-order valence-electron chi connectivity index (χ0n) is 15.1. The highest BCUT2D eigenvalue weighted by atomic mass is 16.6. The van der Waals surface area contributed by atoms with E-state index in [0.717, 1.165) is 11.3 Å². The van der Waals surface area contributed by atoms with Gasteiger partial charge in [-0.1, -0.05) is 12.1 Å². The zero-order chi connectivity index (χ0) is 18.4. The average molecular weight is 349 g/mol. The monoisotopic (exact) mass is 349 g/mol. The summed E-state index contributed by atoms with van der Waals surface area (Å²) in [6, 6.07) is 8.13. The molecule has 1 aromatic carbocycles. The van der Waals surface area contributed by atoms with Crippen molar-refractivity contribution >= 4 is 17.9 Å². The quantitative estimate of drug-likeness (QED) is 0.873. The summed E-state index contributed by atoms with van der Waals surface area (Å²) in [5.74, 6) is 0. The molecule has 0 aliphatic carbocycles. The number of carboxylic acid groups (broad SMARTS) is 1. The standard InChI is InChI=1S/C18H27N3O4/c1-18(2,3)25-16(22)19-8-7-14-5-4-6-15(13-14)20-9-11-21(12-10-20)17(23)24/h4-6,13H,7-12H2,1-3H3,(H,19,22)(H,23,24). The van der Waals surface area contributed by atoms with Gasteiger partial charge in [-0.3, -0.25) is 0 Å². The van der Waals surface area contributed by atoms with Gasteiger partial charge in [0.2, 0.25) is 0 Å². The lowest BCUT2D eigenvalue weighted by Gasteiger charge is -2.34. The van der Waals surface area contributed by atoms with Gasteiger partial charge in [0, 0.05) is 38.4 Å². The number of hydrogen-bond donors (Lipinski definition) is 2. The zero-order valence-corrected chi connectivity index (χ0v) is 15.1. The van der Waals surface area contributed by atoms with Crippen molar-refractivity contribution < 1.29 is 19.4 Å². The fraction of sp³-hybridized carbons (Fsp3) is 0.556. The molecule has 1 heterocycles. The molecule has 138 valence electrons. The number of nitrogens with zero attached hydrogens (tertiary/aromatic N) is 2. The van der Waals surface area contributed by atoms with Crippen LogP contribution in [0.2, 0.25) is 0 Å². The number of anilines is 1. The van der Waals surface area contributed by atoms with Crippen LogP contribution in [-0.4, -0.2) is 60.5 Å². The number of ether oxygens (including phenoxy) is 1. The van der Waals surface area contributed by atoms with Crippen LogP contribution in [0.5, 0.6) is 0 Å². The second-order valence-corrected chi connectivity index (χ2v) is 7.11. The number of hydrogen-bond acceptors (Lipinski definition) is 4. The smallest absolute Gasteiger partial charge is 0.407 e. The minimum Gasteiger partial charge on any atom is -0.465 e. The van der Waals surface area contributed by atoms with Gasteiger partial charge in [0.05, 0.1) is 0 Å². The van der Waals surface area contributed by atoms with Gasteiger partial charge in [0.25, 0.3) is 0 Å². The van der Waals surface area contributed by atoms with Gasteiger partial charge in [0.1, 0.15) is 5.60 Å². The maximum atomic E-state index is 11.7. The Kier molecular flexibility index (Phi) is 6.12. The molecule has 1 aromatic rings. The predicted molar refractivity (Wildman–Crippen MR) is 96.2 cm³/mol. The van der Waals surface area contributed by atoms with E-state index in [1.807, 2.05) is 39.0 Å². The van der Waals surface area contributed by atoms with Crippen LogP contribution in [0.1, 0.15) is 26.3 Å². The van der Waals surface area contributed by atoms with Crippen molar-refractivity contribution in [1.29, 1.82) is 0 Å². The lowest BCUT2D eigenvalue weighted by molar-refractivity contribution is 0.0528. The number of alkyl carbamates (subject to hydrolysis) is 1. The van der Waals surface area contributed by atoms with Crippen LogP contribution in [0, 0.1) is 0 Å². The van der Waals surface area contributed by atoms with E-state index in [1.54, 1.807) is 0 Å². The number of carbonyl (C=O) groups is 2. The Bertz CT molecular complexity index is 605. The second kappa shape index (κ2) is 8.09. The molecule has 0 spiro atoms. The summed E-state index contributed by atoms with van der Waals surface area (Å²) in [6.07, 6.45) is -0.558.